The van der Waals surface area contributed by atoms with Gasteiger partial charge in [-0.25, -0.2) is 9.79 Å². The molecule has 1 aromatic carbocycles. The van der Waals surface area contributed by atoms with Crippen molar-refractivity contribution < 1.29 is 9.53 Å². The predicted octanol–water partition coefficient (Wildman–Crippen LogP) is 2.30. The molecule has 1 aliphatic rings. The van der Waals surface area contributed by atoms with Gasteiger partial charge in [0.05, 0.1) is 17.9 Å². The summed E-state index contributed by atoms with van der Waals surface area (Å²) in [7, 11) is 0. The van der Waals surface area contributed by atoms with Gasteiger partial charge in [-0.2, -0.15) is 0 Å². The van der Waals surface area contributed by atoms with E-state index in [0.717, 1.165) is 25.2 Å². The molecule has 2 N–H and O–H groups in total. The second kappa shape index (κ2) is 6.93. The van der Waals surface area contributed by atoms with Gasteiger partial charge in [0.25, 0.3) is 0 Å². The highest BCUT2D eigenvalue weighted by Crippen LogP contribution is 2.15. The van der Waals surface area contributed by atoms with Crippen molar-refractivity contribution in [3.63, 3.8) is 0 Å². The van der Waals surface area contributed by atoms with Crippen molar-refractivity contribution in [2.75, 3.05) is 19.7 Å². The summed E-state index contributed by atoms with van der Waals surface area (Å²) in [5.74, 6) is 0.249. The van der Waals surface area contributed by atoms with Crippen molar-refractivity contribution in [2.45, 2.75) is 26.2 Å². The van der Waals surface area contributed by atoms with E-state index < -0.39 is 0 Å². The third kappa shape index (κ3) is 3.73. The Hall–Kier alpha value is -2.04. The Bertz CT molecular complexity index is 476. The highest BCUT2D eigenvalue weighted by atomic mass is 16.5. The maximum Gasteiger partial charge on any atom is 0.338 e. The van der Waals surface area contributed by atoms with Crippen LogP contribution in [0.3, 0.4) is 0 Å². The number of nitrogens with zero attached hydrogens (tertiary/aromatic N) is 2. The topological polar surface area (TPSA) is 67.9 Å². The lowest BCUT2D eigenvalue weighted by Gasteiger charge is -2.15. The third-order valence-electron chi connectivity index (χ3n) is 3.21. The number of hydrogen-bond donors (Lipinski definition) is 1. The van der Waals surface area contributed by atoms with Gasteiger partial charge >= 0.3 is 5.97 Å². The zero-order valence-corrected chi connectivity index (χ0v) is 11.8. The monoisotopic (exact) mass is 275 g/mol. The first-order valence-corrected chi connectivity index (χ1v) is 7.07. The Morgan fingerprint density at radius 3 is 2.55 bits per heavy atom. The molecule has 0 spiro atoms. The van der Waals surface area contributed by atoms with Gasteiger partial charge in [-0.15, -0.1) is 0 Å². The summed E-state index contributed by atoms with van der Waals surface area (Å²) < 4.78 is 5.07. The highest BCUT2D eigenvalue weighted by Gasteiger charge is 2.13. The number of rotatable bonds is 4. The van der Waals surface area contributed by atoms with Crippen molar-refractivity contribution in [1.82, 2.24) is 4.90 Å². The zero-order valence-electron chi connectivity index (χ0n) is 11.8. The van der Waals surface area contributed by atoms with Crippen molar-refractivity contribution in [3.05, 3.63) is 29.8 Å². The van der Waals surface area contributed by atoms with Crippen LogP contribution in [0.25, 0.3) is 0 Å². The lowest BCUT2D eigenvalue weighted by Crippen LogP contribution is -2.34. The summed E-state index contributed by atoms with van der Waals surface area (Å²) in [5.41, 5.74) is 7.25. The lowest BCUT2D eigenvalue weighted by molar-refractivity contribution is 0.0505. The average Bonchev–Trinajstić information content (AvgIpc) is 3.00. The molecular weight excluding hydrogens is 254 g/mol. The van der Waals surface area contributed by atoms with Crippen LogP contribution < -0.4 is 5.73 Å². The first kappa shape index (κ1) is 14.4. The molecule has 2 rings (SSSR count). The summed E-state index contributed by atoms with van der Waals surface area (Å²) in [6.07, 6.45) is 3.15. The maximum atomic E-state index is 11.7. The first-order valence-electron chi connectivity index (χ1n) is 7.07. The normalized spacial score (nSPS) is 15.4. The fraction of sp³-hybridized carbons (Fsp3) is 0.467. The van der Waals surface area contributed by atoms with E-state index in [-0.39, 0.29) is 5.97 Å². The molecule has 5 nitrogen and oxygen atoms in total. The molecule has 0 amide bonds. The molecule has 0 unspecified atom stereocenters. The number of carbonyl (C=O) groups is 1. The summed E-state index contributed by atoms with van der Waals surface area (Å²) in [6, 6.07) is 7.00. The standard InChI is InChI=1S/C15H21N3O2/c1-2-11-20-14(19)12-5-7-13(8-6-12)17-15(16)18-9-3-4-10-18/h5-8H,2-4,9-11H2,1H3,(H2,16,17). The molecule has 1 fully saturated rings. The highest BCUT2D eigenvalue weighted by molar-refractivity contribution is 5.90. The molecule has 0 aliphatic carbocycles. The fourth-order valence-electron chi connectivity index (χ4n) is 2.10. The Kier molecular flexibility index (Phi) is 4.98. The molecule has 0 saturated carbocycles. The quantitative estimate of drug-likeness (QED) is 0.520. The molecule has 0 aromatic heterocycles. The number of guanidine groups is 1. The molecule has 108 valence electrons. The smallest absolute Gasteiger partial charge is 0.338 e. The van der Waals surface area contributed by atoms with Crippen LogP contribution in [0.5, 0.6) is 0 Å². The van der Waals surface area contributed by atoms with E-state index in [2.05, 4.69) is 9.89 Å². The Morgan fingerprint density at radius 1 is 1.30 bits per heavy atom. The van der Waals surface area contributed by atoms with Gasteiger partial charge in [-0.05, 0) is 43.5 Å². The van der Waals surface area contributed by atoms with Gasteiger partial charge in [0.1, 0.15) is 0 Å². The van der Waals surface area contributed by atoms with E-state index >= 15 is 0 Å². The van der Waals surface area contributed by atoms with Gasteiger partial charge in [0.2, 0.25) is 0 Å². The molecule has 0 radical (unpaired) electrons. The molecule has 1 aliphatic heterocycles. The average molecular weight is 275 g/mol. The number of benzene rings is 1. The van der Waals surface area contributed by atoms with Crippen LogP contribution in [0.2, 0.25) is 0 Å². The summed E-state index contributed by atoms with van der Waals surface area (Å²) in [6.45, 7) is 4.35. The van der Waals surface area contributed by atoms with Crippen LogP contribution in [0.15, 0.2) is 29.3 Å². The van der Waals surface area contributed by atoms with Gasteiger partial charge in [-0.1, -0.05) is 6.92 Å². The second-order valence-electron chi connectivity index (χ2n) is 4.85. The molecular formula is C15H21N3O2. The van der Waals surface area contributed by atoms with E-state index in [1.54, 1.807) is 24.3 Å². The van der Waals surface area contributed by atoms with Gasteiger partial charge in [0.15, 0.2) is 5.96 Å². The Morgan fingerprint density at radius 2 is 1.95 bits per heavy atom. The van der Waals surface area contributed by atoms with E-state index in [1.165, 1.54) is 12.8 Å². The van der Waals surface area contributed by atoms with Crippen LogP contribution in [0.1, 0.15) is 36.5 Å². The molecule has 1 aromatic rings. The van der Waals surface area contributed by atoms with Gasteiger partial charge in [0, 0.05) is 13.1 Å². The van der Waals surface area contributed by atoms with E-state index in [0.29, 0.717) is 18.1 Å². The number of nitrogens with two attached hydrogens (primary N) is 1. The van der Waals surface area contributed by atoms with E-state index in [1.807, 2.05) is 6.92 Å². The SMILES string of the molecule is CCCOC(=O)c1ccc(N=C(N)N2CCCC2)cc1. The minimum atomic E-state index is -0.296. The molecule has 1 saturated heterocycles. The van der Waals surface area contributed by atoms with Crippen molar-refractivity contribution >= 4 is 17.6 Å². The van der Waals surface area contributed by atoms with Gasteiger partial charge in [-0.3, -0.25) is 0 Å². The summed E-state index contributed by atoms with van der Waals surface area (Å²) >= 11 is 0. The summed E-state index contributed by atoms with van der Waals surface area (Å²) in [5, 5.41) is 0. The third-order valence-corrected chi connectivity index (χ3v) is 3.21. The number of esters is 1. The van der Waals surface area contributed by atoms with Crippen LogP contribution in [-0.4, -0.2) is 36.5 Å². The molecule has 20 heavy (non-hydrogen) atoms. The summed E-state index contributed by atoms with van der Waals surface area (Å²) in [4.78, 5) is 18.1. The predicted molar refractivity (Wildman–Crippen MR) is 79.1 cm³/mol. The molecule has 0 bridgehead atoms. The van der Waals surface area contributed by atoms with Crippen molar-refractivity contribution in [2.24, 2.45) is 10.7 Å². The van der Waals surface area contributed by atoms with Gasteiger partial charge < -0.3 is 15.4 Å². The Labute approximate surface area is 119 Å². The van der Waals surface area contributed by atoms with Crippen LogP contribution in [-0.2, 0) is 4.74 Å². The Balaban J connectivity index is 2.00. The minimum Gasteiger partial charge on any atom is -0.462 e. The first-order chi connectivity index (χ1) is 9.70. The van der Waals surface area contributed by atoms with Crippen molar-refractivity contribution in [1.29, 1.82) is 0 Å². The lowest BCUT2D eigenvalue weighted by atomic mass is 10.2. The van der Waals surface area contributed by atoms with Crippen LogP contribution in [0.4, 0.5) is 5.69 Å². The second-order valence-corrected chi connectivity index (χ2v) is 4.85. The van der Waals surface area contributed by atoms with E-state index in [4.69, 9.17) is 10.5 Å². The van der Waals surface area contributed by atoms with Crippen LogP contribution in [0, 0.1) is 0 Å². The number of aliphatic imine (C=N–C) groups is 1. The minimum absolute atomic E-state index is 0.296. The molecule has 1 heterocycles. The fourth-order valence-corrected chi connectivity index (χ4v) is 2.10. The zero-order chi connectivity index (χ0) is 14.4. The number of hydrogen-bond acceptors (Lipinski definition) is 3. The number of ether oxygens (including phenoxy) is 1. The largest absolute Gasteiger partial charge is 0.462 e. The molecule has 0 atom stereocenters. The number of carbonyl (C=O) groups excluding carboxylic acids is 1. The molecule has 5 heteroatoms. The number of likely N-dealkylation sites (tertiary alicyclic amines) is 1. The van der Waals surface area contributed by atoms with E-state index in [9.17, 15) is 4.79 Å². The van der Waals surface area contributed by atoms with Crippen molar-refractivity contribution in [3.8, 4) is 0 Å². The van der Waals surface area contributed by atoms with Crippen LogP contribution >= 0.6 is 0 Å². The maximum absolute atomic E-state index is 11.7.